The summed E-state index contributed by atoms with van der Waals surface area (Å²) in [7, 11) is 1.80. The molecule has 0 aliphatic carbocycles. The zero-order valence-corrected chi connectivity index (χ0v) is 9.18. The molecule has 0 saturated heterocycles. The van der Waals surface area contributed by atoms with E-state index in [9.17, 15) is 17.6 Å². The molecule has 6 heteroatoms. The van der Waals surface area contributed by atoms with E-state index in [1.54, 1.807) is 12.1 Å². The fourth-order valence-electron chi connectivity index (χ4n) is 0.845. The Kier molecular flexibility index (Phi) is 4.79. The molecule has 0 unspecified atom stereocenters. The second-order valence-corrected chi connectivity index (χ2v) is 5.23. The van der Waals surface area contributed by atoms with Crippen molar-refractivity contribution in [3.63, 3.8) is 0 Å². The van der Waals surface area contributed by atoms with Crippen LogP contribution in [0, 0.1) is 5.82 Å². The molecule has 1 aromatic rings. The Morgan fingerprint density at radius 2 is 1.87 bits per heavy atom. The summed E-state index contributed by atoms with van der Waals surface area (Å²) >= 11 is 0. The third kappa shape index (κ3) is 5.94. The topological polar surface area (TPSA) is 0 Å². The van der Waals surface area contributed by atoms with Crippen LogP contribution in [0.25, 0.3) is 0 Å². The molecule has 0 aliphatic heterocycles. The van der Waals surface area contributed by atoms with Gasteiger partial charge in [0, 0.05) is 5.75 Å². The summed E-state index contributed by atoms with van der Waals surface area (Å²) in [6.45, 7) is 0. The van der Waals surface area contributed by atoms with Gasteiger partial charge in [0.25, 0.3) is 0 Å². The minimum absolute atomic E-state index is 0.367. The zero-order valence-electron chi connectivity index (χ0n) is 7.55. The van der Waals surface area contributed by atoms with Crippen molar-refractivity contribution in [2.75, 3.05) is 5.75 Å². The molecule has 0 atom stereocenters. The molecule has 0 aromatic heterocycles. The molecule has 0 amide bonds. The number of hydrogen-bond donors (Lipinski definition) is 0. The van der Waals surface area contributed by atoms with Crippen molar-refractivity contribution in [3.05, 3.63) is 35.6 Å². The normalized spacial score (nSPS) is 11.7. The third-order valence-corrected chi connectivity index (χ3v) is 3.69. The predicted molar refractivity (Wildman–Crippen MR) is 56.2 cm³/mol. The lowest BCUT2D eigenvalue weighted by molar-refractivity contribution is -0.104. The smallest absolute Gasteiger partial charge is 0.207 e. The molecular formula is C9H8F4S2. The van der Waals surface area contributed by atoms with Crippen LogP contribution in [0.5, 0.6) is 0 Å². The number of alkyl halides is 3. The van der Waals surface area contributed by atoms with E-state index in [0.29, 0.717) is 11.3 Å². The molecule has 84 valence electrons. The highest BCUT2D eigenvalue weighted by molar-refractivity contribution is 8.76. The minimum Gasteiger partial charge on any atom is -0.207 e. The molecule has 0 bridgehead atoms. The first-order chi connectivity index (χ1) is 6.97. The van der Waals surface area contributed by atoms with Gasteiger partial charge in [0.15, 0.2) is 0 Å². The molecule has 0 fully saturated rings. The first kappa shape index (κ1) is 12.7. The fourth-order valence-corrected chi connectivity index (χ4v) is 2.77. The molecule has 0 saturated carbocycles. The van der Waals surface area contributed by atoms with Gasteiger partial charge in [-0.25, -0.2) is 4.39 Å². The van der Waals surface area contributed by atoms with Crippen molar-refractivity contribution in [1.82, 2.24) is 0 Å². The molecule has 0 heterocycles. The SMILES string of the molecule is Fc1cccc(CSSCC(F)(F)F)c1. The third-order valence-electron chi connectivity index (χ3n) is 1.42. The summed E-state index contributed by atoms with van der Waals surface area (Å²) in [6.07, 6.45) is -4.14. The summed E-state index contributed by atoms with van der Waals surface area (Å²) in [4.78, 5) is 0. The zero-order chi connectivity index (χ0) is 11.3. The largest absolute Gasteiger partial charge is 0.398 e. The number of benzene rings is 1. The molecule has 1 rings (SSSR count). The lowest BCUT2D eigenvalue weighted by atomic mass is 10.2. The summed E-state index contributed by atoms with van der Waals surface area (Å²) in [5, 5.41) is 0. The van der Waals surface area contributed by atoms with E-state index < -0.39 is 11.9 Å². The highest BCUT2D eigenvalue weighted by Crippen LogP contribution is 2.31. The van der Waals surface area contributed by atoms with Crippen molar-refractivity contribution in [1.29, 1.82) is 0 Å². The lowest BCUT2D eigenvalue weighted by Crippen LogP contribution is -2.09. The van der Waals surface area contributed by atoms with Gasteiger partial charge < -0.3 is 0 Å². The van der Waals surface area contributed by atoms with E-state index in [4.69, 9.17) is 0 Å². The first-order valence-electron chi connectivity index (χ1n) is 4.03. The average molecular weight is 256 g/mol. The van der Waals surface area contributed by atoms with Gasteiger partial charge in [-0.15, -0.1) is 0 Å². The van der Waals surface area contributed by atoms with Crippen molar-refractivity contribution >= 4 is 21.6 Å². The van der Waals surface area contributed by atoms with Gasteiger partial charge in [-0.1, -0.05) is 33.7 Å². The van der Waals surface area contributed by atoms with E-state index >= 15 is 0 Å². The highest BCUT2D eigenvalue weighted by Gasteiger charge is 2.26. The van der Waals surface area contributed by atoms with Gasteiger partial charge >= 0.3 is 6.18 Å². The number of rotatable bonds is 4. The number of hydrogen-bond acceptors (Lipinski definition) is 2. The van der Waals surface area contributed by atoms with Crippen LogP contribution in [0.2, 0.25) is 0 Å². The average Bonchev–Trinajstić information content (AvgIpc) is 2.11. The standard InChI is InChI=1S/C9H8F4S2/c10-8-3-1-2-7(4-8)5-14-15-6-9(11,12)13/h1-4H,5-6H2. The summed E-state index contributed by atoms with van der Waals surface area (Å²) in [5.74, 6) is -0.875. The Bertz CT molecular complexity index is 311. The van der Waals surface area contributed by atoms with Crippen molar-refractivity contribution in [2.45, 2.75) is 11.9 Å². The summed E-state index contributed by atoms with van der Waals surface area (Å²) in [5.41, 5.74) is 0.690. The van der Waals surface area contributed by atoms with Crippen LogP contribution in [-0.2, 0) is 5.75 Å². The maximum Gasteiger partial charge on any atom is 0.398 e. The second-order valence-electron chi connectivity index (χ2n) is 2.77. The molecular weight excluding hydrogens is 248 g/mol. The van der Waals surface area contributed by atoms with Gasteiger partial charge in [-0.05, 0) is 17.7 Å². The van der Waals surface area contributed by atoms with Crippen LogP contribution in [-0.4, -0.2) is 11.9 Å². The summed E-state index contributed by atoms with van der Waals surface area (Å²) in [6, 6.07) is 5.85. The quantitative estimate of drug-likeness (QED) is 0.448. The van der Waals surface area contributed by atoms with Gasteiger partial charge in [-0.3, -0.25) is 0 Å². The van der Waals surface area contributed by atoms with Crippen LogP contribution in [0.3, 0.4) is 0 Å². The van der Waals surface area contributed by atoms with Gasteiger partial charge in [0.2, 0.25) is 0 Å². The molecule has 0 N–H and O–H groups in total. The van der Waals surface area contributed by atoms with Crippen molar-refractivity contribution in [3.8, 4) is 0 Å². The molecule has 0 radical (unpaired) electrons. The molecule has 0 nitrogen and oxygen atoms in total. The van der Waals surface area contributed by atoms with Gasteiger partial charge in [-0.2, -0.15) is 13.2 Å². The Hall–Kier alpha value is -0.360. The van der Waals surface area contributed by atoms with Crippen LogP contribution < -0.4 is 0 Å². The van der Waals surface area contributed by atoms with E-state index in [1.807, 2.05) is 0 Å². The first-order valence-corrected chi connectivity index (χ1v) is 6.52. The minimum atomic E-state index is -4.14. The Labute approximate surface area is 92.8 Å². The van der Waals surface area contributed by atoms with E-state index in [2.05, 4.69) is 0 Å². The maximum atomic E-state index is 12.7. The van der Waals surface area contributed by atoms with Crippen molar-refractivity contribution < 1.29 is 17.6 Å². The number of halogens is 4. The van der Waals surface area contributed by atoms with E-state index in [0.717, 1.165) is 21.6 Å². The predicted octanol–water partition coefficient (Wildman–Crippen LogP) is 4.27. The van der Waals surface area contributed by atoms with Gasteiger partial charge in [0.05, 0.1) is 5.75 Å². The Balaban J connectivity index is 2.26. The van der Waals surface area contributed by atoms with Gasteiger partial charge in [0.1, 0.15) is 5.82 Å². The second kappa shape index (κ2) is 5.65. The molecule has 0 aliphatic rings. The van der Waals surface area contributed by atoms with Crippen LogP contribution in [0.1, 0.15) is 5.56 Å². The highest BCUT2D eigenvalue weighted by atomic mass is 33.1. The van der Waals surface area contributed by atoms with E-state index in [1.165, 1.54) is 12.1 Å². The van der Waals surface area contributed by atoms with E-state index in [-0.39, 0.29) is 5.82 Å². The lowest BCUT2D eigenvalue weighted by Gasteiger charge is -2.05. The van der Waals surface area contributed by atoms with Crippen LogP contribution in [0.15, 0.2) is 24.3 Å². The van der Waals surface area contributed by atoms with Crippen molar-refractivity contribution in [2.24, 2.45) is 0 Å². The Morgan fingerprint density at radius 3 is 2.47 bits per heavy atom. The molecule has 0 spiro atoms. The molecule has 1 aromatic carbocycles. The monoisotopic (exact) mass is 256 g/mol. The maximum absolute atomic E-state index is 12.7. The summed E-state index contributed by atoms with van der Waals surface area (Å²) < 4.78 is 47.9. The van der Waals surface area contributed by atoms with Crippen LogP contribution in [0.4, 0.5) is 17.6 Å². The van der Waals surface area contributed by atoms with Crippen LogP contribution >= 0.6 is 21.6 Å². The fraction of sp³-hybridized carbons (Fsp3) is 0.333. The Morgan fingerprint density at radius 1 is 1.13 bits per heavy atom. The molecule has 15 heavy (non-hydrogen) atoms.